The lowest BCUT2D eigenvalue weighted by Gasteiger charge is -2.56. The molecule has 2 fully saturated rings. The highest BCUT2D eigenvalue weighted by molar-refractivity contribution is 5.93. The summed E-state index contributed by atoms with van der Waals surface area (Å²) in [6.07, 6.45) is 3.89. The van der Waals surface area contributed by atoms with E-state index in [1.807, 2.05) is 21.9 Å². The largest absolute Gasteiger partial charge is 0.335 e. The lowest BCUT2D eigenvalue weighted by Crippen LogP contribution is -2.68. The molecule has 0 N–H and O–H groups in total. The van der Waals surface area contributed by atoms with Crippen LogP contribution in [0, 0.1) is 5.82 Å². The summed E-state index contributed by atoms with van der Waals surface area (Å²) >= 11 is 0. The summed E-state index contributed by atoms with van der Waals surface area (Å²) in [6.45, 7) is 5.15. The molecule has 2 aromatic rings. The molecule has 6 heteroatoms. The quantitative estimate of drug-likeness (QED) is 0.775. The van der Waals surface area contributed by atoms with E-state index in [4.69, 9.17) is 0 Å². The molecule has 2 amide bonds. The van der Waals surface area contributed by atoms with Gasteiger partial charge in [0.05, 0.1) is 11.6 Å². The number of fused-ring (bicyclic) bond motifs is 1. The van der Waals surface area contributed by atoms with E-state index < -0.39 is 0 Å². The molecule has 2 saturated heterocycles. The number of halogens is 1. The van der Waals surface area contributed by atoms with Crippen LogP contribution >= 0.6 is 0 Å². The standard InChI is InChI=1S/C24H28FN3O2/c1-17(29)28-15-6-12-22-24(28,2)13-7-14-27(22)23(30)21-11-5-9-19(26-21)16-18-8-3-4-10-20(18)25/h3-5,8-11,22H,6-7,12-16H2,1-2H3/t22-,24+/m1/s1. The van der Waals surface area contributed by atoms with Crippen molar-refractivity contribution in [2.24, 2.45) is 0 Å². The highest BCUT2D eigenvalue weighted by Gasteiger charge is 2.49. The zero-order valence-corrected chi connectivity index (χ0v) is 17.6. The molecule has 0 saturated carbocycles. The first-order chi connectivity index (χ1) is 14.4. The fourth-order valence-electron chi connectivity index (χ4n) is 5.19. The van der Waals surface area contributed by atoms with Gasteiger partial charge in [-0.2, -0.15) is 0 Å². The Kier molecular flexibility index (Phi) is 5.58. The van der Waals surface area contributed by atoms with Crippen molar-refractivity contribution >= 4 is 11.8 Å². The van der Waals surface area contributed by atoms with Crippen molar-refractivity contribution in [3.8, 4) is 0 Å². The van der Waals surface area contributed by atoms with Crippen molar-refractivity contribution in [1.29, 1.82) is 0 Å². The Labute approximate surface area is 176 Å². The van der Waals surface area contributed by atoms with Crippen molar-refractivity contribution in [3.05, 3.63) is 65.2 Å². The number of aromatic nitrogens is 1. The summed E-state index contributed by atoms with van der Waals surface area (Å²) in [5.41, 5.74) is 1.28. The smallest absolute Gasteiger partial charge is 0.272 e. The molecule has 5 nitrogen and oxygen atoms in total. The van der Waals surface area contributed by atoms with Crippen molar-refractivity contribution in [3.63, 3.8) is 0 Å². The molecule has 2 aliphatic rings. The van der Waals surface area contributed by atoms with Crippen LogP contribution < -0.4 is 0 Å². The van der Waals surface area contributed by atoms with Crippen LogP contribution in [0.25, 0.3) is 0 Å². The second-order valence-corrected chi connectivity index (χ2v) is 8.57. The monoisotopic (exact) mass is 409 g/mol. The van der Waals surface area contributed by atoms with Gasteiger partial charge < -0.3 is 9.80 Å². The maximum atomic E-state index is 14.0. The minimum Gasteiger partial charge on any atom is -0.335 e. The zero-order valence-electron chi connectivity index (χ0n) is 17.6. The molecule has 1 aromatic heterocycles. The number of carbonyl (C=O) groups is 2. The molecular weight excluding hydrogens is 381 g/mol. The molecule has 3 heterocycles. The summed E-state index contributed by atoms with van der Waals surface area (Å²) in [6, 6.07) is 12.0. The first-order valence-corrected chi connectivity index (χ1v) is 10.7. The van der Waals surface area contributed by atoms with Gasteiger partial charge in [0.2, 0.25) is 5.91 Å². The molecule has 4 rings (SSSR count). The average molecular weight is 410 g/mol. The lowest BCUT2D eigenvalue weighted by molar-refractivity contribution is -0.143. The number of likely N-dealkylation sites (tertiary alicyclic amines) is 2. The molecule has 0 bridgehead atoms. The van der Waals surface area contributed by atoms with Crippen LogP contribution in [-0.4, -0.2) is 51.3 Å². The van der Waals surface area contributed by atoms with Crippen molar-refractivity contribution in [1.82, 2.24) is 14.8 Å². The summed E-state index contributed by atoms with van der Waals surface area (Å²) in [5, 5.41) is 0. The minimum absolute atomic E-state index is 0.00609. The predicted molar refractivity (Wildman–Crippen MR) is 113 cm³/mol. The van der Waals surface area contributed by atoms with Gasteiger partial charge in [-0.1, -0.05) is 24.3 Å². The lowest BCUT2D eigenvalue weighted by atomic mass is 9.76. The molecule has 0 spiro atoms. The van der Waals surface area contributed by atoms with E-state index in [1.54, 1.807) is 31.2 Å². The second-order valence-electron chi connectivity index (χ2n) is 8.57. The molecule has 30 heavy (non-hydrogen) atoms. The Morgan fingerprint density at radius 3 is 2.70 bits per heavy atom. The summed E-state index contributed by atoms with van der Waals surface area (Å²) < 4.78 is 14.0. The molecular formula is C24H28FN3O2. The Morgan fingerprint density at radius 2 is 1.93 bits per heavy atom. The highest BCUT2D eigenvalue weighted by atomic mass is 19.1. The van der Waals surface area contributed by atoms with E-state index in [2.05, 4.69) is 11.9 Å². The van der Waals surface area contributed by atoms with Gasteiger partial charge in [-0.15, -0.1) is 0 Å². The molecule has 2 aliphatic heterocycles. The molecule has 2 atom stereocenters. The summed E-state index contributed by atoms with van der Waals surface area (Å²) in [5.74, 6) is -0.303. The number of piperidine rings is 2. The number of amides is 2. The van der Waals surface area contributed by atoms with Gasteiger partial charge in [-0.05, 0) is 56.4 Å². The minimum atomic E-state index is -0.331. The Balaban J connectivity index is 1.58. The Bertz CT molecular complexity index is 963. The van der Waals surface area contributed by atoms with Gasteiger partial charge in [0.25, 0.3) is 5.91 Å². The summed E-state index contributed by atoms with van der Waals surface area (Å²) in [7, 11) is 0. The van der Waals surface area contributed by atoms with Crippen molar-refractivity contribution in [2.75, 3.05) is 13.1 Å². The van der Waals surface area contributed by atoms with E-state index in [1.165, 1.54) is 6.07 Å². The van der Waals surface area contributed by atoms with E-state index in [0.717, 1.165) is 32.2 Å². The third-order valence-electron chi connectivity index (χ3n) is 6.65. The Morgan fingerprint density at radius 1 is 1.13 bits per heavy atom. The molecule has 0 radical (unpaired) electrons. The third kappa shape index (κ3) is 3.71. The molecule has 0 aliphatic carbocycles. The van der Waals surface area contributed by atoms with E-state index in [0.29, 0.717) is 29.9 Å². The van der Waals surface area contributed by atoms with E-state index in [9.17, 15) is 14.0 Å². The van der Waals surface area contributed by atoms with Gasteiger partial charge in [-0.25, -0.2) is 9.37 Å². The third-order valence-corrected chi connectivity index (χ3v) is 6.65. The Hall–Kier alpha value is -2.76. The molecule has 1 aromatic carbocycles. The average Bonchev–Trinajstić information content (AvgIpc) is 2.73. The number of hydrogen-bond acceptors (Lipinski definition) is 3. The first-order valence-electron chi connectivity index (χ1n) is 10.7. The van der Waals surface area contributed by atoms with E-state index in [-0.39, 0.29) is 29.2 Å². The first kappa shape index (κ1) is 20.5. The SMILES string of the molecule is CC(=O)N1CCC[C@H]2N(C(=O)c3cccc(Cc4ccccc4F)n3)CCC[C@@]21C. The maximum Gasteiger partial charge on any atom is 0.272 e. The summed E-state index contributed by atoms with van der Waals surface area (Å²) in [4.78, 5) is 34.1. The van der Waals surface area contributed by atoms with Crippen LogP contribution in [0.1, 0.15) is 61.3 Å². The number of benzene rings is 1. The number of rotatable bonds is 3. The van der Waals surface area contributed by atoms with Crippen molar-refractivity contribution in [2.45, 2.75) is 57.5 Å². The molecule has 0 unspecified atom stereocenters. The molecule has 158 valence electrons. The highest BCUT2D eigenvalue weighted by Crippen LogP contribution is 2.39. The predicted octanol–water partition coefficient (Wildman–Crippen LogP) is 3.82. The second kappa shape index (κ2) is 8.17. The van der Waals surface area contributed by atoms with Gasteiger partial charge >= 0.3 is 0 Å². The topological polar surface area (TPSA) is 53.5 Å². The van der Waals surface area contributed by atoms with Crippen LogP contribution in [0.4, 0.5) is 4.39 Å². The maximum absolute atomic E-state index is 14.0. The number of nitrogens with zero attached hydrogens (tertiary/aromatic N) is 3. The van der Waals surface area contributed by atoms with Crippen molar-refractivity contribution < 1.29 is 14.0 Å². The van der Waals surface area contributed by atoms with Gasteiger partial charge in [0.15, 0.2) is 0 Å². The van der Waals surface area contributed by atoms with Crippen LogP contribution in [0.3, 0.4) is 0 Å². The number of hydrogen-bond donors (Lipinski definition) is 0. The van der Waals surface area contributed by atoms with Crippen LogP contribution in [-0.2, 0) is 11.2 Å². The fraction of sp³-hybridized carbons (Fsp3) is 0.458. The fourth-order valence-corrected chi connectivity index (χ4v) is 5.19. The zero-order chi connectivity index (χ0) is 21.3. The van der Waals surface area contributed by atoms with Gasteiger partial charge in [0.1, 0.15) is 11.5 Å². The van der Waals surface area contributed by atoms with Crippen LogP contribution in [0.2, 0.25) is 0 Å². The van der Waals surface area contributed by atoms with Gasteiger partial charge in [-0.3, -0.25) is 9.59 Å². The van der Waals surface area contributed by atoms with Gasteiger partial charge in [0, 0.05) is 32.1 Å². The van der Waals surface area contributed by atoms with Crippen LogP contribution in [0.15, 0.2) is 42.5 Å². The number of carbonyl (C=O) groups excluding carboxylic acids is 2. The van der Waals surface area contributed by atoms with E-state index >= 15 is 0 Å². The normalized spacial score (nSPS) is 23.8. The number of pyridine rings is 1. The van der Waals surface area contributed by atoms with Crippen LogP contribution in [0.5, 0.6) is 0 Å².